The molecule has 0 bridgehead atoms. The van der Waals surface area contributed by atoms with Crippen LogP contribution in [0, 0.1) is 0 Å². The maximum atomic E-state index is 11.7. The summed E-state index contributed by atoms with van der Waals surface area (Å²) >= 11 is 0. The molecule has 0 saturated heterocycles. The van der Waals surface area contributed by atoms with E-state index in [9.17, 15) is 4.79 Å². The summed E-state index contributed by atoms with van der Waals surface area (Å²) in [5.74, 6) is -0.0617. The van der Waals surface area contributed by atoms with Gasteiger partial charge in [-0.25, -0.2) is 0 Å². The van der Waals surface area contributed by atoms with Crippen LogP contribution in [-0.2, 0) is 4.79 Å². The summed E-state index contributed by atoms with van der Waals surface area (Å²) in [5.41, 5.74) is 3.01. The fourth-order valence-corrected chi connectivity index (χ4v) is 3.18. The molecule has 0 heterocycles. The Labute approximate surface area is 140 Å². The van der Waals surface area contributed by atoms with E-state index in [-0.39, 0.29) is 5.91 Å². The van der Waals surface area contributed by atoms with Gasteiger partial charge in [0.25, 0.3) is 0 Å². The van der Waals surface area contributed by atoms with Crippen molar-refractivity contribution in [3.8, 4) is 11.1 Å². The first-order valence-electron chi connectivity index (χ1n) is 8.01. The number of nitrogens with one attached hydrogen (secondary N) is 1. The van der Waals surface area contributed by atoms with E-state index < -0.39 is 0 Å². The normalized spacial score (nSPS) is 10.9. The predicted octanol–water partition coefficient (Wildman–Crippen LogP) is 5.62. The van der Waals surface area contributed by atoms with Gasteiger partial charge >= 0.3 is 0 Å². The Kier molecular flexibility index (Phi) is 3.51. The standard InChI is InChI=1S/C22H17NO/c1-15(24)23-22-20-9-5-4-7-17(20)12-13-21(22)19-11-10-16-6-2-3-8-18(16)14-19/h2-14H,1H3,(H,23,24). The van der Waals surface area contributed by atoms with Crippen molar-refractivity contribution < 1.29 is 4.79 Å². The molecule has 4 rings (SSSR count). The highest BCUT2D eigenvalue weighted by Gasteiger charge is 2.11. The van der Waals surface area contributed by atoms with Gasteiger partial charge in [-0.3, -0.25) is 4.79 Å². The van der Waals surface area contributed by atoms with Crippen molar-refractivity contribution in [2.75, 3.05) is 5.32 Å². The summed E-state index contributed by atoms with van der Waals surface area (Å²) < 4.78 is 0. The highest BCUT2D eigenvalue weighted by atomic mass is 16.1. The fraction of sp³-hybridized carbons (Fsp3) is 0.0455. The van der Waals surface area contributed by atoms with Crippen molar-refractivity contribution in [3.63, 3.8) is 0 Å². The number of amides is 1. The van der Waals surface area contributed by atoms with E-state index in [1.54, 1.807) is 6.92 Å². The largest absolute Gasteiger partial charge is 0.325 e. The molecule has 0 radical (unpaired) electrons. The van der Waals surface area contributed by atoms with E-state index in [0.29, 0.717) is 0 Å². The van der Waals surface area contributed by atoms with Crippen LogP contribution in [0.5, 0.6) is 0 Å². The molecule has 0 unspecified atom stereocenters. The Balaban J connectivity index is 1.98. The number of hydrogen-bond acceptors (Lipinski definition) is 1. The van der Waals surface area contributed by atoms with Crippen LogP contribution in [0.3, 0.4) is 0 Å². The minimum absolute atomic E-state index is 0.0617. The monoisotopic (exact) mass is 311 g/mol. The van der Waals surface area contributed by atoms with Crippen LogP contribution in [0.4, 0.5) is 5.69 Å². The van der Waals surface area contributed by atoms with Crippen LogP contribution in [-0.4, -0.2) is 5.91 Å². The van der Waals surface area contributed by atoms with Gasteiger partial charge in [0.15, 0.2) is 0 Å². The van der Waals surface area contributed by atoms with E-state index in [1.807, 2.05) is 30.3 Å². The second kappa shape index (κ2) is 5.82. The Morgan fingerprint density at radius 3 is 2.21 bits per heavy atom. The lowest BCUT2D eigenvalue weighted by atomic mass is 9.96. The lowest BCUT2D eigenvalue weighted by Gasteiger charge is -2.14. The van der Waals surface area contributed by atoms with Gasteiger partial charge in [-0.2, -0.15) is 0 Å². The van der Waals surface area contributed by atoms with Crippen LogP contribution in [0.25, 0.3) is 32.7 Å². The van der Waals surface area contributed by atoms with E-state index >= 15 is 0 Å². The minimum Gasteiger partial charge on any atom is -0.325 e. The fourth-order valence-electron chi connectivity index (χ4n) is 3.18. The molecule has 1 amide bonds. The second-order valence-corrected chi connectivity index (χ2v) is 5.95. The Morgan fingerprint density at radius 2 is 1.42 bits per heavy atom. The van der Waals surface area contributed by atoms with Crippen molar-refractivity contribution in [1.29, 1.82) is 0 Å². The zero-order chi connectivity index (χ0) is 16.5. The molecule has 0 spiro atoms. The first kappa shape index (κ1) is 14.5. The summed E-state index contributed by atoms with van der Waals surface area (Å²) in [7, 11) is 0. The van der Waals surface area contributed by atoms with E-state index in [0.717, 1.165) is 27.6 Å². The molecule has 4 aromatic rings. The summed E-state index contributed by atoms with van der Waals surface area (Å²) in [6, 6.07) is 27.0. The van der Waals surface area contributed by atoms with Crippen LogP contribution in [0.1, 0.15) is 6.92 Å². The van der Waals surface area contributed by atoms with Crippen molar-refractivity contribution in [2.24, 2.45) is 0 Å². The number of benzene rings is 4. The predicted molar refractivity (Wildman–Crippen MR) is 101 cm³/mol. The zero-order valence-corrected chi connectivity index (χ0v) is 13.4. The molecule has 2 nitrogen and oxygen atoms in total. The number of anilines is 1. The zero-order valence-electron chi connectivity index (χ0n) is 13.4. The van der Waals surface area contributed by atoms with Crippen LogP contribution >= 0.6 is 0 Å². The number of fused-ring (bicyclic) bond motifs is 2. The van der Waals surface area contributed by atoms with Crippen molar-refractivity contribution >= 4 is 33.1 Å². The first-order chi connectivity index (χ1) is 11.7. The summed E-state index contributed by atoms with van der Waals surface area (Å²) in [6.07, 6.45) is 0. The number of hydrogen-bond donors (Lipinski definition) is 1. The smallest absolute Gasteiger partial charge is 0.221 e. The molecule has 0 aliphatic heterocycles. The molecule has 0 aliphatic carbocycles. The highest BCUT2D eigenvalue weighted by Crippen LogP contribution is 2.36. The van der Waals surface area contributed by atoms with E-state index in [2.05, 4.69) is 53.8 Å². The molecule has 0 saturated carbocycles. The first-order valence-corrected chi connectivity index (χ1v) is 8.01. The van der Waals surface area contributed by atoms with Gasteiger partial charge in [0.2, 0.25) is 5.91 Å². The van der Waals surface area contributed by atoms with Crippen LogP contribution < -0.4 is 5.32 Å². The maximum Gasteiger partial charge on any atom is 0.221 e. The lowest BCUT2D eigenvalue weighted by Crippen LogP contribution is -2.07. The molecule has 0 atom stereocenters. The summed E-state index contributed by atoms with van der Waals surface area (Å²) in [5, 5.41) is 7.60. The van der Waals surface area contributed by atoms with Gasteiger partial charge in [-0.05, 0) is 27.8 Å². The molecule has 0 aromatic heterocycles. The van der Waals surface area contributed by atoms with Gasteiger partial charge in [0.1, 0.15) is 0 Å². The molecular weight excluding hydrogens is 294 g/mol. The van der Waals surface area contributed by atoms with Crippen LogP contribution in [0.2, 0.25) is 0 Å². The molecule has 2 heteroatoms. The van der Waals surface area contributed by atoms with Crippen molar-refractivity contribution in [3.05, 3.63) is 78.9 Å². The number of carbonyl (C=O) groups is 1. The third-order valence-electron chi connectivity index (χ3n) is 4.29. The van der Waals surface area contributed by atoms with Gasteiger partial charge in [-0.1, -0.05) is 72.8 Å². The minimum atomic E-state index is -0.0617. The number of rotatable bonds is 2. The van der Waals surface area contributed by atoms with Gasteiger partial charge in [0.05, 0.1) is 5.69 Å². The Hall–Kier alpha value is -3.13. The van der Waals surface area contributed by atoms with Crippen LogP contribution in [0.15, 0.2) is 78.9 Å². The average molecular weight is 311 g/mol. The highest BCUT2D eigenvalue weighted by molar-refractivity contribution is 6.08. The molecule has 4 aromatic carbocycles. The topological polar surface area (TPSA) is 29.1 Å². The third kappa shape index (κ3) is 2.52. The molecule has 24 heavy (non-hydrogen) atoms. The molecular formula is C22H17NO. The Morgan fingerprint density at radius 1 is 0.750 bits per heavy atom. The second-order valence-electron chi connectivity index (χ2n) is 5.95. The summed E-state index contributed by atoms with van der Waals surface area (Å²) in [6.45, 7) is 1.55. The lowest BCUT2D eigenvalue weighted by molar-refractivity contribution is -0.114. The maximum absolute atomic E-state index is 11.7. The molecule has 0 aliphatic rings. The van der Waals surface area contributed by atoms with Gasteiger partial charge in [-0.15, -0.1) is 0 Å². The van der Waals surface area contributed by atoms with Gasteiger partial charge < -0.3 is 5.32 Å². The van der Waals surface area contributed by atoms with Crippen molar-refractivity contribution in [1.82, 2.24) is 0 Å². The van der Waals surface area contributed by atoms with Gasteiger partial charge in [0, 0.05) is 17.9 Å². The molecule has 116 valence electrons. The third-order valence-corrected chi connectivity index (χ3v) is 4.29. The SMILES string of the molecule is CC(=O)Nc1c(-c2ccc3ccccc3c2)ccc2ccccc12. The van der Waals surface area contributed by atoms with Crippen molar-refractivity contribution in [2.45, 2.75) is 6.92 Å². The van der Waals surface area contributed by atoms with E-state index in [1.165, 1.54) is 10.8 Å². The van der Waals surface area contributed by atoms with E-state index in [4.69, 9.17) is 0 Å². The molecule has 0 fully saturated rings. The average Bonchev–Trinajstić information content (AvgIpc) is 2.61. The Bertz CT molecular complexity index is 1070. The number of carbonyl (C=O) groups excluding carboxylic acids is 1. The summed E-state index contributed by atoms with van der Waals surface area (Å²) in [4.78, 5) is 11.7. The quantitative estimate of drug-likeness (QED) is 0.511. The molecule has 1 N–H and O–H groups in total.